The molecule has 1 N–H and O–H groups in total. The Balaban J connectivity index is 2.20. The molecule has 3 heteroatoms. The van der Waals surface area contributed by atoms with Crippen LogP contribution in [-0.2, 0) is 0 Å². The van der Waals surface area contributed by atoms with Crippen molar-refractivity contribution in [1.82, 2.24) is 5.32 Å². The predicted molar refractivity (Wildman–Crippen MR) is 82.4 cm³/mol. The van der Waals surface area contributed by atoms with Crippen molar-refractivity contribution in [3.05, 3.63) is 28.2 Å². The second-order valence-corrected chi connectivity index (χ2v) is 6.12. The van der Waals surface area contributed by atoms with Crippen molar-refractivity contribution in [3.8, 4) is 0 Å². The van der Waals surface area contributed by atoms with E-state index >= 15 is 0 Å². The van der Waals surface area contributed by atoms with E-state index in [1.807, 2.05) is 0 Å². The molecule has 100 valence electrons. The highest BCUT2D eigenvalue weighted by Gasteiger charge is 2.31. The number of halogens is 1. The number of hydrogen-bond donors (Lipinski definition) is 1. The van der Waals surface area contributed by atoms with E-state index < -0.39 is 0 Å². The summed E-state index contributed by atoms with van der Waals surface area (Å²) in [5.74, 6) is 0. The van der Waals surface area contributed by atoms with Crippen LogP contribution in [0.1, 0.15) is 32.3 Å². The predicted octanol–water partition coefficient (Wildman–Crippen LogP) is 3.73. The smallest absolute Gasteiger partial charge is 0.0370 e. The fraction of sp³-hybridized carbons (Fsp3) is 0.600. The lowest BCUT2D eigenvalue weighted by Gasteiger charge is -2.44. The van der Waals surface area contributed by atoms with Crippen LogP contribution in [0.4, 0.5) is 5.69 Å². The second-order valence-electron chi connectivity index (χ2n) is 5.27. The van der Waals surface area contributed by atoms with Gasteiger partial charge in [0, 0.05) is 35.3 Å². The van der Waals surface area contributed by atoms with Crippen molar-refractivity contribution < 1.29 is 0 Å². The first-order chi connectivity index (χ1) is 8.60. The van der Waals surface area contributed by atoms with Gasteiger partial charge in [0.15, 0.2) is 0 Å². The molecule has 1 aromatic rings. The molecule has 1 saturated heterocycles. The molecule has 2 rings (SSSR count). The van der Waals surface area contributed by atoms with Gasteiger partial charge in [0.05, 0.1) is 0 Å². The summed E-state index contributed by atoms with van der Waals surface area (Å²) in [4.78, 5) is 2.52. The zero-order valence-electron chi connectivity index (χ0n) is 11.6. The lowest BCUT2D eigenvalue weighted by atomic mass is 9.90. The standard InChI is InChI=1S/C15H23BrN2/c1-4-15(5-2)11-18(9-8-17-15)13-6-7-14(16)12(3)10-13/h6-7,10,17H,4-5,8-9,11H2,1-3H3. The summed E-state index contributed by atoms with van der Waals surface area (Å²) >= 11 is 3.57. The molecule has 0 amide bonds. The molecule has 2 nitrogen and oxygen atoms in total. The van der Waals surface area contributed by atoms with Crippen LogP contribution >= 0.6 is 15.9 Å². The van der Waals surface area contributed by atoms with E-state index in [2.05, 4.69) is 65.1 Å². The van der Waals surface area contributed by atoms with Gasteiger partial charge in [-0.15, -0.1) is 0 Å². The summed E-state index contributed by atoms with van der Waals surface area (Å²) in [5.41, 5.74) is 2.95. The third-order valence-corrected chi connectivity index (χ3v) is 5.13. The van der Waals surface area contributed by atoms with Crippen LogP contribution in [0.2, 0.25) is 0 Å². The topological polar surface area (TPSA) is 15.3 Å². The molecule has 18 heavy (non-hydrogen) atoms. The summed E-state index contributed by atoms with van der Waals surface area (Å²) in [6, 6.07) is 6.66. The molecule has 1 aromatic carbocycles. The average Bonchev–Trinajstić information content (AvgIpc) is 2.42. The Morgan fingerprint density at radius 3 is 2.67 bits per heavy atom. The highest BCUT2D eigenvalue weighted by atomic mass is 79.9. The minimum absolute atomic E-state index is 0.291. The number of hydrogen-bond acceptors (Lipinski definition) is 2. The SMILES string of the molecule is CCC1(CC)CN(c2ccc(Br)c(C)c2)CCN1. The monoisotopic (exact) mass is 310 g/mol. The van der Waals surface area contributed by atoms with E-state index in [1.165, 1.54) is 28.6 Å². The maximum absolute atomic E-state index is 3.71. The lowest BCUT2D eigenvalue weighted by molar-refractivity contribution is 0.277. The van der Waals surface area contributed by atoms with Crippen LogP contribution in [0.5, 0.6) is 0 Å². The quantitative estimate of drug-likeness (QED) is 0.915. The van der Waals surface area contributed by atoms with Crippen molar-refractivity contribution in [2.24, 2.45) is 0 Å². The van der Waals surface area contributed by atoms with Gasteiger partial charge in [-0.3, -0.25) is 0 Å². The first kappa shape index (κ1) is 13.9. The summed E-state index contributed by atoms with van der Waals surface area (Å²) in [6.07, 6.45) is 2.38. The highest BCUT2D eigenvalue weighted by Crippen LogP contribution is 2.27. The molecule has 0 spiro atoms. The van der Waals surface area contributed by atoms with Crippen LogP contribution in [0, 0.1) is 6.92 Å². The Labute approximate surface area is 119 Å². The van der Waals surface area contributed by atoms with E-state index in [0.29, 0.717) is 5.54 Å². The number of nitrogens with one attached hydrogen (secondary N) is 1. The van der Waals surface area contributed by atoms with Gasteiger partial charge in [0.25, 0.3) is 0 Å². The number of nitrogens with zero attached hydrogens (tertiary/aromatic N) is 1. The fourth-order valence-electron chi connectivity index (χ4n) is 2.73. The van der Waals surface area contributed by atoms with E-state index in [-0.39, 0.29) is 0 Å². The molecule has 0 bridgehead atoms. The molecule has 0 atom stereocenters. The van der Waals surface area contributed by atoms with Gasteiger partial charge in [-0.1, -0.05) is 29.8 Å². The van der Waals surface area contributed by atoms with Crippen molar-refractivity contribution in [2.75, 3.05) is 24.5 Å². The molecular weight excluding hydrogens is 288 g/mol. The van der Waals surface area contributed by atoms with Gasteiger partial charge < -0.3 is 10.2 Å². The fourth-order valence-corrected chi connectivity index (χ4v) is 2.97. The van der Waals surface area contributed by atoms with E-state index in [0.717, 1.165) is 19.6 Å². The van der Waals surface area contributed by atoms with Crippen molar-refractivity contribution in [3.63, 3.8) is 0 Å². The molecule has 0 unspecified atom stereocenters. The van der Waals surface area contributed by atoms with E-state index in [9.17, 15) is 0 Å². The Kier molecular flexibility index (Phi) is 4.33. The number of rotatable bonds is 3. The molecule has 0 radical (unpaired) electrons. The number of anilines is 1. The molecule has 1 aliphatic heterocycles. The highest BCUT2D eigenvalue weighted by molar-refractivity contribution is 9.10. The van der Waals surface area contributed by atoms with Crippen molar-refractivity contribution in [2.45, 2.75) is 39.2 Å². The zero-order chi connectivity index (χ0) is 13.2. The minimum atomic E-state index is 0.291. The Morgan fingerprint density at radius 2 is 2.06 bits per heavy atom. The van der Waals surface area contributed by atoms with Crippen LogP contribution in [0.25, 0.3) is 0 Å². The summed E-state index contributed by atoms with van der Waals surface area (Å²) in [6.45, 7) is 10.0. The molecular formula is C15H23BrN2. The third kappa shape index (κ3) is 2.72. The van der Waals surface area contributed by atoms with Gasteiger partial charge in [-0.25, -0.2) is 0 Å². The van der Waals surface area contributed by atoms with Crippen molar-refractivity contribution in [1.29, 1.82) is 0 Å². The molecule has 0 aromatic heterocycles. The summed E-state index contributed by atoms with van der Waals surface area (Å²) in [7, 11) is 0. The van der Waals surface area contributed by atoms with Crippen LogP contribution in [-0.4, -0.2) is 25.2 Å². The minimum Gasteiger partial charge on any atom is -0.368 e. The normalized spacial score (nSPS) is 19.0. The van der Waals surface area contributed by atoms with E-state index in [1.54, 1.807) is 0 Å². The van der Waals surface area contributed by atoms with E-state index in [4.69, 9.17) is 0 Å². The molecule has 0 saturated carbocycles. The molecule has 1 fully saturated rings. The van der Waals surface area contributed by atoms with Gasteiger partial charge in [-0.05, 0) is 43.5 Å². The molecule has 0 aliphatic carbocycles. The maximum Gasteiger partial charge on any atom is 0.0370 e. The Morgan fingerprint density at radius 1 is 1.33 bits per heavy atom. The zero-order valence-corrected chi connectivity index (χ0v) is 13.2. The summed E-state index contributed by atoms with van der Waals surface area (Å²) in [5, 5.41) is 3.71. The van der Waals surface area contributed by atoms with Crippen molar-refractivity contribution >= 4 is 21.6 Å². The van der Waals surface area contributed by atoms with Gasteiger partial charge >= 0.3 is 0 Å². The van der Waals surface area contributed by atoms with Crippen LogP contribution in [0.3, 0.4) is 0 Å². The summed E-state index contributed by atoms with van der Waals surface area (Å²) < 4.78 is 1.19. The second kappa shape index (κ2) is 5.62. The number of piperazine rings is 1. The van der Waals surface area contributed by atoms with Gasteiger partial charge in [-0.2, -0.15) is 0 Å². The largest absolute Gasteiger partial charge is 0.368 e. The molecule has 1 aliphatic rings. The molecule has 1 heterocycles. The van der Waals surface area contributed by atoms with Gasteiger partial charge in [0.2, 0.25) is 0 Å². The lowest BCUT2D eigenvalue weighted by Crippen LogP contribution is -2.60. The first-order valence-electron chi connectivity index (χ1n) is 6.86. The third-order valence-electron chi connectivity index (χ3n) is 4.24. The van der Waals surface area contributed by atoms with Crippen LogP contribution in [0.15, 0.2) is 22.7 Å². The average molecular weight is 311 g/mol. The Hall–Kier alpha value is -0.540. The first-order valence-corrected chi connectivity index (χ1v) is 7.65. The maximum atomic E-state index is 3.71. The number of aryl methyl sites for hydroxylation is 1. The van der Waals surface area contributed by atoms with Crippen LogP contribution < -0.4 is 10.2 Å². The number of benzene rings is 1. The Bertz CT molecular complexity index is 413. The van der Waals surface area contributed by atoms with Gasteiger partial charge in [0.1, 0.15) is 0 Å².